The van der Waals surface area contributed by atoms with Crippen LogP contribution in [0.25, 0.3) is 11.5 Å². The molecule has 3 rings (SSSR count). The van der Waals surface area contributed by atoms with E-state index in [1.165, 1.54) is 12.1 Å². The summed E-state index contributed by atoms with van der Waals surface area (Å²) in [6.45, 7) is -1.33. The number of ether oxygens (including phenoxy) is 1. The summed E-state index contributed by atoms with van der Waals surface area (Å²) >= 11 is 0. The highest BCUT2D eigenvalue weighted by Crippen LogP contribution is 2.35. The lowest BCUT2D eigenvalue weighted by molar-refractivity contribution is -0.153. The molecule has 1 aromatic heterocycles. The molecule has 0 bridgehead atoms. The van der Waals surface area contributed by atoms with Crippen LogP contribution in [-0.4, -0.2) is 22.9 Å². The monoisotopic (exact) mass is 363 g/mol. The third-order valence-corrected chi connectivity index (χ3v) is 3.87. The van der Waals surface area contributed by atoms with E-state index in [4.69, 9.17) is 10.3 Å². The number of alkyl halides is 3. The van der Waals surface area contributed by atoms with Gasteiger partial charge in [0.15, 0.2) is 12.4 Å². The molecular formula is C15H17ClF3N3O2. The van der Waals surface area contributed by atoms with Crippen LogP contribution in [0.5, 0.6) is 5.75 Å². The SMILES string of the molecule is Cl.NC1(c2noc(-c3ccc(OCC(F)(F)F)cc3)n2)CCCC1. The summed E-state index contributed by atoms with van der Waals surface area (Å²) < 4.78 is 46.2. The summed E-state index contributed by atoms with van der Waals surface area (Å²) in [6.07, 6.45) is -0.666. The van der Waals surface area contributed by atoms with Crippen molar-refractivity contribution in [3.8, 4) is 17.2 Å². The van der Waals surface area contributed by atoms with Crippen molar-refractivity contribution in [1.29, 1.82) is 0 Å². The molecule has 0 atom stereocenters. The zero-order valence-electron chi connectivity index (χ0n) is 12.7. The predicted octanol–water partition coefficient (Wildman–Crippen LogP) is 3.83. The van der Waals surface area contributed by atoms with Crippen LogP contribution in [0, 0.1) is 0 Å². The van der Waals surface area contributed by atoms with Gasteiger partial charge in [0.05, 0.1) is 5.54 Å². The van der Waals surface area contributed by atoms with E-state index in [1.807, 2.05) is 0 Å². The predicted molar refractivity (Wildman–Crippen MR) is 82.9 cm³/mol. The van der Waals surface area contributed by atoms with E-state index in [-0.39, 0.29) is 18.2 Å². The second-order valence-corrected chi connectivity index (χ2v) is 5.71. The van der Waals surface area contributed by atoms with Crippen molar-refractivity contribution in [2.75, 3.05) is 6.61 Å². The van der Waals surface area contributed by atoms with Crippen LogP contribution in [0.4, 0.5) is 13.2 Å². The molecule has 2 N–H and O–H groups in total. The molecule has 0 amide bonds. The Hall–Kier alpha value is -1.80. The Morgan fingerprint density at radius 3 is 2.38 bits per heavy atom. The number of hydrogen-bond acceptors (Lipinski definition) is 5. The average molecular weight is 364 g/mol. The normalized spacial score (nSPS) is 16.7. The Bertz CT molecular complexity index is 667. The molecule has 0 saturated heterocycles. The van der Waals surface area contributed by atoms with Crippen molar-refractivity contribution in [2.24, 2.45) is 5.73 Å². The first kappa shape index (κ1) is 18.5. The number of benzene rings is 1. The van der Waals surface area contributed by atoms with Gasteiger partial charge in [-0.05, 0) is 37.1 Å². The van der Waals surface area contributed by atoms with Crippen LogP contribution in [0.2, 0.25) is 0 Å². The van der Waals surface area contributed by atoms with E-state index in [0.29, 0.717) is 17.3 Å². The first-order valence-corrected chi connectivity index (χ1v) is 7.29. The van der Waals surface area contributed by atoms with E-state index in [9.17, 15) is 13.2 Å². The largest absolute Gasteiger partial charge is 0.484 e. The molecule has 1 fully saturated rings. The number of hydrogen-bond donors (Lipinski definition) is 1. The van der Waals surface area contributed by atoms with Gasteiger partial charge in [-0.1, -0.05) is 18.0 Å². The number of aromatic nitrogens is 2. The number of halogens is 4. The quantitative estimate of drug-likeness (QED) is 0.893. The van der Waals surface area contributed by atoms with Gasteiger partial charge >= 0.3 is 6.18 Å². The van der Waals surface area contributed by atoms with Gasteiger partial charge in [0.1, 0.15) is 5.75 Å². The maximum Gasteiger partial charge on any atom is 0.422 e. The summed E-state index contributed by atoms with van der Waals surface area (Å²) in [5, 5.41) is 3.95. The van der Waals surface area contributed by atoms with Crippen LogP contribution in [-0.2, 0) is 5.54 Å². The van der Waals surface area contributed by atoms with Gasteiger partial charge in [-0.3, -0.25) is 0 Å². The molecule has 0 spiro atoms. The highest BCUT2D eigenvalue weighted by Gasteiger charge is 2.36. The Balaban J connectivity index is 0.00000208. The second-order valence-electron chi connectivity index (χ2n) is 5.71. The number of rotatable bonds is 4. The van der Waals surface area contributed by atoms with Gasteiger partial charge in [0, 0.05) is 5.56 Å². The van der Waals surface area contributed by atoms with Crippen molar-refractivity contribution >= 4 is 12.4 Å². The van der Waals surface area contributed by atoms with Crippen molar-refractivity contribution in [3.63, 3.8) is 0 Å². The minimum Gasteiger partial charge on any atom is -0.484 e. The Labute approximate surface area is 142 Å². The van der Waals surface area contributed by atoms with Crippen LogP contribution in [0.3, 0.4) is 0 Å². The zero-order valence-corrected chi connectivity index (χ0v) is 13.5. The smallest absolute Gasteiger partial charge is 0.422 e. The molecule has 5 nitrogen and oxygen atoms in total. The lowest BCUT2D eigenvalue weighted by Crippen LogP contribution is -2.34. The fraction of sp³-hybridized carbons (Fsp3) is 0.467. The summed E-state index contributed by atoms with van der Waals surface area (Å²) in [5.41, 5.74) is 6.32. The van der Waals surface area contributed by atoms with E-state index in [1.54, 1.807) is 12.1 Å². The molecule has 9 heteroatoms. The summed E-state index contributed by atoms with van der Waals surface area (Å²) in [6, 6.07) is 6.00. The van der Waals surface area contributed by atoms with Crippen LogP contribution < -0.4 is 10.5 Å². The van der Waals surface area contributed by atoms with Gasteiger partial charge in [0.2, 0.25) is 0 Å². The lowest BCUT2D eigenvalue weighted by Gasteiger charge is -2.17. The molecule has 0 radical (unpaired) electrons. The maximum atomic E-state index is 12.1. The van der Waals surface area contributed by atoms with Crippen LogP contribution in [0.1, 0.15) is 31.5 Å². The van der Waals surface area contributed by atoms with Crippen molar-refractivity contribution in [3.05, 3.63) is 30.1 Å². The molecule has 132 valence electrons. The lowest BCUT2D eigenvalue weighted by atomic mass is 9.99. The minimum absolute atomic E-state index is 0. The molecule has 1 heterocycles. The molecule has 0 unspecified atom stereocenters. The molecule has 0 aliphatic heterocycles. The minimum atomic E-state index is -4.36. The van der Waals surface area contributed by atoms with E-state index >= 15 is 0 Å². The Morgan fingerprint density at radius 2 is 1.79 bits per heavy atom. The van der Waals surface area contributed by atoms with Crippen LogP contribution >= 0.6 is 12.4 Å². The standard InChI is InChI=1S/C15H16F3N3O2.ClH/c16-15(17,18)9-22-11-5-3-10(4-6-11)12-20-13(21-23-12)14(19)7-1-2-8-14;/h3-6H,1-2,7-9,19H2;1H. The highest BCUT2D eigenvalue weighted by atomic mass is 35.5. The van der Waals surface area contributed by atoms with E-state index in [2.05, 4.69) is 14.9 Å². The topological polar surface area (TPSA) is 74.2 Å². The second kappa shape index (κ2) is 6.98. The van der Waals surface area contributed by atoms with Crippen LogP contribution in [0.15, 0.2) is 28.8 Å². The molecule has 2 aromatic rings. The molecule has 24 heavy (non-hydrogen) atoms. The zero-order chi connectivity index (χ0) is 16.5. The van der Waals surface area contributed by atoms with Gasteiger partial charge in [-0.2, -0.15) is 18.2 Å². The fourth-order valence-electron chi connectivity index (χ4n) is 2.63. The van der Waals surface area contributed by atoms with Gasteiger partial charge in [0.25, 0.3) is 5.89 Å². The summed E-state index contributed by atoms with van der Waals surface area (Å²) in [5.74, 6) is 0.887. The third kappa shape index (κ3) is 4.18. The van der Waals surface area contributed by atoms with E-state index in [0.717, 1.165) is 25.7 Å². The molecular weight excluding hydrogens is 347 g/mol. The highest BCUT2D eigenvalue weighted by molar-refractivity contribution is 5.85. The maximum absolute atomic E-state index is 12.1. The van der Waals surface area contributed by atoms with Crippen molar-refractivity contribution < 1.29 is 22.4 Å². The Kier molecular flexibility index (Phi) is 5.39. The van der Waals surface area contributed by atoms with Gasteiger partial charge in [-0.15, -0.1) is 12.4 Å². The Morgan fingerprint density at radius 1 is 1.17 bits per heavy atom. The first-order valence-electron chi connectivity index (χ1n) is 7.29. The van der Waals surface area contributed by atoms with E-state index < -0.39 is 18.3 Å². The molecule has 1 aliphatic carbocycles. The summed E-state index contributed by atoms with van der Waals surface area (Å²) in [7, 11) is 0. The third-order valence-electron chi connectivity index (χ3n) is 3.87. The number of nitrogens with zero attached hydrogens (tertiary/aromatic N) is 2. The van der Waals surface area contributed by atoms with Gasteiger partial charge in [-0.25, -0.2) is 0 Å². The number of nitrogens with two attached hydrogens (primary N) is 1. The van der Waals surface area contributed by atoms with Crippen molar-refractivity contribution in [1.82, 2.24) is 10.1 Å². The molecule has 1 aliphatic rings. The summed E-state index contributed by atoms with van der Waals surface area (Å²) in [4.78, 5) is 4.33. The first-order chi connectivity index (χ1) is 10.9. The molecule has 1 saturated carbocycles. The fourth-order valence-corrected chi connectivity index (χ4v) is 2.63. The molecule has 1 aromatic carbocycles. The van der Waals surface area contributed by atoms with Gasteiger partial charge < -0.3 is 15.0 Å². The average Bonchev–Trinajstić information content (AvgIpc) is 3.15. The van der Waals surface area contributed by atoms with Crippen molar-refractivity contribution in [2.45, 2.75) is 37.4 Å².